The Hall–Kier alpha value is -1.62. The molecule has 1 amide bonds. The molecule has 20 heavy (non-hydrogen) atoms. The lowest BCUT2D eigenvalue weighted by Gasteiger charge is -2.14. The summed E-state index contributed by atoms with van der Waals surface area (Å²) in [6.07, 6.45) is 1.11. The van der Waals surface area contributed by atoms with E-state index in [2.05, 4.69) is 17.6 Å². The Morgan fingerprint density at radius 3 is 2.35 bits per heavy atom. The maximum Gasteiger partial charge on any atom is 0.257 e. The van der Waals surface area contributed by atoms with E-state index >= 15 is 0 Å². The zero-order valence-corrected chi connectivity index (χ0v) is 13.2. The van der Waals surface area contributed by atoms with Crippen molar-refractivity contribution in [1.29, 1.82) is 0 Å². The number of ether oxygens (including phenoxy) is 1. The molecule has 1 rings (SSSR count). The van der Waals surface area contributed by atoms with E-state index in [0.717, 1.165) is 12.2 Å². The molecule has 0 aromatic heterocycles. The Labute approximate surface area is 125 Å². The minimum atomic E-state index is -0.224. The molecular weight excluding hydrogens is 272 g/mol. The Kier molecular flexibility index (Phi) is 6.45. The van der Waals surface area contributed by atoms with Crippen LogP contribution in [0.5, 0.6) is 5.75 Å². The first-order chi connectivity index (χ1) is 9.42. The van der Waals surface area contributed by atoms with Crippen molar-refractivity contribution in [3.8, 4) is 5.75 Å². The van der Waals surface area contributed by atoms with E-state index in [4.69, 9.17) is 17.0 Å². The van der Waals surface area contributed by atoms with Gasteiger partial charge in [0.25, 0.3) is 5.91 Å². The molecule has 5 heteroatoms. The summed E-state index contributed by atoms with van der Waals surface area (Å²) in [7, 11) is 0. The molecule has 1 aromatic rings. The zero-order chi connectivity index (χ0) is 15.1. The van der Waals surface area contributed by atoms with Crippen molar-refractivity contribution < 1.29 is 9.53 Å². The van der Waals surface area contributed by atoms with Crippen LogP contribution in [0.25, 0.3) is 0 Å². The number of hydrogen-bond donors (Lipinski definition) is 2. The average molecular weight is 294 g/mol. The molecular formula is C15H22N2O2S. The van der Waals surface area contributed by atoms with Gasteiger partial charge in [-0.2, -0.15) is 0 Å². The summed E-state index contributed by atoms with van der Waals surface area (Å²) >= 11 is 5.04. The lowest BCUT2D eigenvalue weighted by atomic mass is 10.2. The molecule has 0 bridgehead atoms. The van der Waals surface area contributed by atoms with Gasteiger partial charge in [-0.05, 0) is 63.7 Å². The molecule has 4 nitrogen and oxygen atoms in total. The van der Waals surface area contributed by atoms with E-state index in [1.165, 1.54) is 0 Å². The van der Waals surface area contributed by atoms with Crippen molar-refractivity contribution in [3.05, 3.63) is 29.8 Å². The van der Waals surface area contributed by atoms with E-state index in [1.807, 2.05) is 20.8 Å². The van der Waals surface area contributed by atoms with Gasteiger partial charge in [0.05, 0.1) is 6.10 Å². The number of carbonyl (C=O) groups excluding carboxylic acids is 1. The van der Waals surface area contributed by atoms with Gasteiger partial charge < -0.3 is 10.1 Å². The number of hydrogen-bond acceptors (Lipinski definition) is 3. The van der Waals surface area contributed by atoms with E-state index in [-0.39, 0.29) is 18.1 Å². The lowest BCUT2D eigenvalue weighted by molar-refractivity contribution is 0.0976. The number of carbonyl (C=O) groups is 1. The van der Waals surface area contributed by atoms with E-state index in [1.54, 1.807) is 24.3 Å². The van der Waals surface area contributed by atoms with Crippen LogP contribution < -0.4 is 15.4 Å². The quantitative estimate of drug-likeness (QED) is 0.820. The minimum absolute atomic E-state index is 0.164. The van der Waals surface area contributed by atoms with Crippen LogP contribution >= 0.6 is 12.2 Å². The van der Waals surface area contributed by atoms with Crippen molar-refractivity contribution >= 4 is 23.2 Å². The fourth-order valence-electron chi connectivity index (χ4n) is 1.47. The molecule has 0 heterocycles. The van der Waals surface area contributed by atoms with Crippen molar-refractivity contribution in [2.75, 3.05) is 0 Å². The lowest BCUT2D eigenvalue weighted by Crippen LogP contribution is -2.42. The maximum atomic E-state index is 11.9. The van der Waals surface area contributed by atoms with Gasteiger partial charge in [-0.1, -0.05) is 6.92 Å². The summed E-state index contributed by atoms with van der Waals surface area (Å²) in [5.74, 6) is 0.539. The summed E-state index contributed by atoms with van der Waals surface area (Å²) < 4.78 is 5.66. The Balaban J connectivity index is 2.59. The molecule has 0 aliphatic heterocycles. The third-order valence-electron chi connectivity index (χ3n) is 2.68. The molecule has 1 unspecified atom stereocenters. The number of rotatable bonds is 5. The third-order valence-corrected chi connectivity index (χ3v) is 2.90. The van der Waals surface area contributed by atoms with Crippen LogP contribution in [0.4, 0.5) is 0 Å². The van der Waals surface area contributed by atoms with Gasteiger partial charge in [0, 0.05) is 11.6 Å². The van der Waals surface area contributed by atoms with Crippen molar-refractivity contribution in [1.82, 2.24) is 10.6 Å². The molecule has 0 saturated heterocycles. The van der Waals surface area contributed by atoms with Crippen LogP contribution in [0.15, 0.2) is 24.3 Å². The topological polar surface area (TPSA) is 50.4 Å². The molecule has 0 radical (unpaired) electrons. The van der Waals surface area contributed by atoms with Gasteiger partial charge >= 0.3 is 0 Å². The zero-order valence-electron chi connectivity index (χ0n) is 12.4. The summed E-state index contributed by atoms with van der Waals surface area (Å²) in [6, 6.07) is 7.23. The first kappa shape index (κ1) is 16.4. The number of thiocarbonyl (C=S) groups is 1. The summed E-state index contributed by atoms with van der Waals surface area (Å²) in [4.78, 5) is 11.9. The second-order valence-corrected chi connectivity index (χ2v) is 5.35. The normalized spacial score (nSPS) is 11.8. The molecule has 0 fully saturated rings. The largest absolute Gasteiger partial charge is 0.491 e. The van der Waals surface area contributed by atoms with Crippen molar-refractivity contribution in [2.24, 2.45) is 0 Å². The van der Waals surface area contributed by atoms with E-state index in [9.17, 15) is 4.79 Å². The Morgan fingerprint density at radius 1 is 1.25 bits per heavy atom. The third kappa shape index (κ3) is 5.57. The van der Waals surface area contributed by atoms with E-state index in [0.29, 0.717) is 10.7 Å². The van der Waals surface area contributed by atoms with Crippen LogP contribution in [0.1, 0.15) is 44.5 Å². The molecule has 110 valence electrons. The van der Waals surface area contributed by atoms with Crippen LogP contribution in [0, 0.1) is 0 Å². The highest BCUT2D eigenvalue weighted by molar-refractivity contribution is 7.80. The number of nitrogens with one attached hydrogen (secondary N) is 2. The second kappa shape index (κ2) is 7.85. The van der Waals surface area contributed by atoms with Gasteiger partial charge in [-0.25, -0.2) is 0 Å². The van der Waals surface area contributed by atoms with Crippen molar-refractivity contribution in [2.45, 2.75) is 46.3 Å². The second-order valence-electron chi connectivity index (χ2n) is 4.94. The maximum absolute atomic E-state index is 11.9. The van der Waals surface area contributed by atoms with Gasteiger partial charge in [-0.15, -0.1) is 0 Å². The molecule has 1 atom stereocenters. The SMILES string of the molecule is CCC(C)Oc1ccc(C(=O)NC(=S)NC(C)C)cc1. The average Bonchev–Trinajstić information content (AvgIpc) is 2.38. The predicted octanol–water partition coefficient (Wildman–Crippen LogP) is 2.88. The van der Waals surface area contributed by atoms with Gasteiger partial charge in [0.2, 0.25) is 0 Å². The fourth-order valence-corrected chi connectivity index (χ4v) is 1.80. The van der Waals surface area contributed by atoms with Crippen LogP contribution in [-0.2, 0) is 0 Å². The fraction of sp³-hybridized carbons (Fsp3) is 0.467. The highest BCUT2D eigenvalue weighted by atomic mass is 32.1. The monoisotopic (exact) mass is 294 g/mol. The molecule has 0 spiro atoms. The van der Waals surface area contributed by atoms with E-state index < -0.39 is 0 Å². The van der Waals surface area contributed by atoms with Crippen molar-refractivity contribution in [3.63, 3.8) is 0 Å². The van der Waals surface area contributed by atoms with Crippen LogP contribution in [0.2, 0.25) is 0 Å². The molecule has 0 aliphatic carbocycles. The highest BCUT2D eigenvalue weighted by Gasteiger charge is 2.09. The van der Waals surface area contributed by atoms with Gasteiger partial charge in [-0.3, -0.25) is 10.1 Å². The minimum Gasteiger partial charge on any atom is -0.491 e. The highest BCUT2D eigenvalue weighted by Crippen LogP contribution is 2.14. The van der Waals surface area contributed by atoms with Gasteiger partial charge in [0.1, 0.15) is 5.75 Å². The smallest absolute Gasteiger partial charge is 0.257 e. The summed E-state index contributed by atoms with van der Waals surface area (Å²) in [5, 5.41) is 5.94. The molecule has 0 saturated carbocycles. The van der Waals surface area contributed by atoms with Gasteiger partial charge in [0.15, 0.2) is 5.11 Å². The molecule has 2 N–H and O–H groups in total. The Morgan fingerprint density at radius 2 is 1.85 bits per heavy atom. The summed E-state index contributed by atoms with van der Waals surface area (Å²) in [5.41, 5.74) is 0.550. The standard InChI is InChI=1S/C15H22N2O2S/c1-5-11(4)19-13-8-6-12(7-9-13)14(18)17-15(20)16-10(2)3/h6-11H,5H2,1-4H3,(H2,16,17,18,20). The van der Waals surface area contributed by atoms with Crippen LogP contribution in [0.3, 0.4) is 0 Å². The summed E-state index contributed by atoms with van der Waals surface area (Å²) in [6.45, 7) is 7.99. The molecule has 0 aliphatic rings. The van der Waals surface area contributed by atoms with Crippen LogP contribution in [-0.4, -0.2) is 23.2 Å². The predicted molar refractivity (Wildman–Crippen MR) is 85.2 cm³/mol. The Bertz CT molecular complexity index is 457. The number of amides is 1. The first-order valence-corrected chi connectivity index (χ1v) is 7.21. The first-order valence-electron chi connectivity index (χ1n) is 6.81. The number of benzene rings is 1. The molecule has 1 aromatic carbocycles.